The number of hydrogen-bond donors (Lipinski definition) is 1. The Kier molecular flexibility index (Phi) is 3.05. The van der Waals surface area contributed by atoms with Gasteiger partial charge in [0, 0.05) is 19.4 Å². The van der Waals surface area contributed by atoms with E-state index in [1.165, 1.54) is 4.90 Å². The summed E-state index contributed by atoms with van der Waals surface area (Å²) in [5.41, 5.74) is 0. The Bertz CT molecular complexity index is 261. The van der Waals surface area contributed by atoms with Crippen molar-refractivity contribution in [2.45, 2.75) is 44.6 Å². The van der Waals surface area contributed by atoms with Crippen LogP contribution in [0.4, 0.5) is 0 Å². The third-order valence-corrected chi connectivity index (χ3v) is 3.35. The van der Waals surface area contributed by atoms with Gasteiger partial charge in [0.15, 0.2) is 0 Å². The lowest BCUT2D eigenvalue weighted by Gasteiger charge is -2.28. The first kappa shape index (κ1) is 10.6. The van der Waals surface area contributed by atoms with Gasteiger partial charge in [0.25, 0.3) is 0 Å². The summed E-state index contributed by atoms with van der Waals surface area (Å²) in [5.74, 6) is 0.222. The zero-order valence-corrected chi connectivity index (χ0v) is 8.82. The first-order valence-corrected chi connectivity index (χ1v) is 5.68. The number of carbonyl (C=O) groups is 2. The molecule has 15 heavy (non-hydrogen) atoms. The molecule has 1 aliphatic carbocycles. The van der Waals surface area contributed by atoms with Crippen LogP contribution in [0.15, 0.2) is 0 Å². The molecule has 1 saturated carbocycles. The summed E-state index contributed by atoms with van der Waals surface area (Å²) in [4.78, 5) is 24.1. The number of rotatable bonds is 2. The van der Waals surface area contributed by atoms with Crippen LogP contribution in [0.5, 0.6) is 0 Å². The van der Waals surface area contributed by atoms with Gasteiger partial charge in [-0.2, -0.15) is 0 Å². The van der Waals surface area contributed by atoms with Crippen molar-refractivity contribution >= 4 is 11.8 Å². The maximum Gasteiger partial charge on any atom is 0.229 e. The Morgan fingerprint density at radius 3 is 2.47 bits per heavy atom. The van der Waals surface area contributed by atoms with Gasteiger partial charge in [0.05, 0.1) is 6.10 Å². The number of aliphatic hydroxyl groups excluding tert-OH is 1. The first-order valence-electron chi connectivity index (χ1n) is 5.68. The van der Waals surface area contributed by atoms with E-state index in [0.29, 0.717) is 25.3 Å². The van der Waals surface area contributed by atoms with E-state index in [2.05, 4.69) is 0 Å². The molecule has 1 aliphatic heterocycles. The predicted octanol–water partition coefficient (Wildman–Crippen LogP) is 0.687. The van der Waals surface area contributed by atoms with Crippen LogP contribution in [0.25, 0.3) is 0 Å². The number of imide groups is 1. The molecule has 0 aromatic rings. The molecule has 1 N–H and O–H groups in total. The zero-order chi connectivity index (χ0) is 10.8. The standard InChI is InChI=1S/C11H17NO3/c13-9-3-1-2-8(6-9)7-12-10(14)4-5-11(12)15/h8-9,13H,1-7H2. The molecule has 0 spiro atoms. The van der Waals surface area contributed by atoms with Gasteiger partial charge in [-0.1, -0.05) is 6.42 Å². The van der Waals surface area contributed by atoms with Crippen LogP contribution in [0.2, 0.25) is 0 Å². The second-order valence-corrected chi connectivity index (χ2v) is 4.58. The molecule has 4 heteroatoms. The van der Waals surface area contributed by atoms with Crippen molar-refractivity contribution in [3.05, 3.63) is 0 Å². The van der Waals surface area contributed by atoms with Crippen molar-refractivity contribution in [3.8, 4) is 0 Å². The van der Waals surface area contributed by atoms with E-state index in [-0.39, 0.29) is 17.9 Å². The molecule has 2 fully saturated rings. The lowest BCUT2D eigenvalue weighted by molar-refractivity contribution is -0.139. The van der Waals surface area contributed by atoms with Gasteiger partial charge in [0.2, 0.25) is 11.8 Å². The fraction of sp³-hybridized carbons (Fsp3) is 0.818. The summed E-state index contributed by atoms with van der Waals surface area (Å²) < 4.78 is 0. The minimum absolute atomic E-state index is 0.0416. The Hall–Kier alpha value is -0.900. The summed E-state index contributed by atoms with van der Waals surface area (Å²) in [7, 11) is 0. The molecule has 2 rings (SSSR count). The molecule has 2 atom stereocenters. The fourth-order valence-electron chi connectivity index (χ4n) is 2.51. The van der Waals surface area contributed by atoms with E-state index in [4.69, 9.17) is 0 Å². The molecule has 0 aromatic heterocycles. The Morgan fingerprint density at radius 2 is 1.87 bits per heavy atom. The molecule has 0 bridgehead atoms. The number of carbonyl (C=O) groups excluding carboxylic acids is 2. The molecule has 0 aromatic carbocycles. The highest BCUT2D eigenvalue weighted by Crippen LogP contribution is 2.26. The van der Waals surface area contributed by atoms with Crippen molar-refractivity contribution in [2.75, 3.05) is 6.54 Å². The van der Waals surface area contributed by atoms with Crippen molar-refractivity contribution in [2.24, 2.45) is 5.92 Å². The van der Waals surface area contributed by atoms with E-state index in [9.17, 15) is 14.7 Å². The number of aliphatic hydroxyl groups is 1. The molecule has 2 amide bonds. The van der Waals surface area contributed by atoms with Crippen molar-refractivity contribution in [1.82, 2.24) is 4.90 Å². The van der Waals surface area contributed by atoms with Gasteiger partial charge < -0.3 is 5.11 Å². The van der Waals surface area contributed by atoms with E-state index in [1.807, 2.05) is 0 Å². The summed E-state index contributed by atoms with van der Waals surface area (Å²) in [6.45, 7) is 0.523. The van der Waals surface area contributed by atoms with E-state index >= 15 is 0 Å². The van der Waals surface area contributed by atoms with Crippen LogP contribution in [0.3, 0.4) is 0 Å². The summed E-state index contributed by atoms with van der Waals surface area (Å²) in [6.07, 6.45) is 4.12. The Labute approximate surface area is 89.3 Å². The molecular formula is C11H17NO3. The van der Waals surface area contributed by atoms with Crippen molar-refractivity contribution in [1.29, 1.82) is 0 Å². The average Bonchev–Trinajstić information content (AvgIpc) is 2.50. The second kappa shape index (κ2) is 4.31. The highest BCUT2D eigenvalue weighted by molar-refractivity contribution is 6.01. The van der Waals surface area contributed by atoms with E-state index in [1.54, 1.807) is 0 Å². The highest BCUT2D eigenvalue weighted by Gasteiger charge is 2.32. The van der Waals surface area contributed by atoms with Crippen LogP contribution >= 0.6 is 0 Å². The SMILES string of the molecule is O=C1CCC(=O)N1CC1CCCC(O)C1. The predicted molar refractivity (Wildman–Crippen MR) is 53.9 cm³/mol. The monoisotopic (exact) mass is 211 g/mol. The fourth-order valence-corrected chi connectivity index (χ4v) is 2.51. The van der Waals surface area contributed by atoms with Crippen LogP contribution in [-0.2, 0) is 9.59 Å². The normalized spacial score (nSPS) is 32.5. The second-order valence-electron chi connectivity index (χ2n) is 4.58. The van der Waals surface area contributed by atoms with Crippen LogP contribution in [-0.4, -0.2) is 34.5 Å². The van der Waals surface area contributed by atoms with Crippen molar-refractivity contribution < 1.29 is 14.7 Å². The summed E-state index contributed by atoms with van der Waals surface area (Å²) in [5, 5.41) is 9.50. The van der Waals surface area contributed by atoms with Crippen molar-refractivity contribution in [3.63, 3.8) is 0 Å². The molecule has 4 nitrogen and oxygen atoms in total. The van der Waals surface area contributed by atoms with E-state index in [0.717, 1.165) is 25.7 Å². The smallest absolute Gasteiger partial charge is 0.229 e. The van der Waals surface area contributed by atoms with Crippen LogP contribution in [0.1, 0.15) is 38.5 Å². The highest BCUT2D eigenvalue weighted by atomic mass is 16.3. The van der Waals surface area contributed by atoms with Gasteiger partial charge in [0.1, 0.15) is 0 Å². The van der Waals surface area contributed by atoms with E-state index < -0.39 is 0 Å². The van der Waals surface area contributed by atoms with Gasteiger partial charge >= 0.3 is 0 Å². The molecule has 2 aliphatic rings. The maximum atomic E-state index is 11.4. The van der Waals surface area contributed by atoms with Crippen LogP contribution < -0.4 is 0 Å². The summed E-state index contributed by atoms with van der Waals surface area (Å²) in [6, 6.07) is 0. The topological polar surface area (TPSA) is 57.6 Å². The average molecular weight is 211 g/mol. The molecular weight excluding hydrogens is 194 g/mol. The molecule has 84 valence electrons. The minimum Gasteiger partial charge on any atom is -0.393 e. The van der Waals surface area contributed by atoms with Gasteiger partial charge in [-0.15, -0.1) is 0 Å². The molecule has 1 saturated heterocycles. The van der Waals surface area contributed by atoms with Gasteiger partial charge in [-0.25, -0.2) is 0 Å². The first-order chi connectivity index (χ1) is 7.16. The Morgan fingerprint density at radius 1 is 1.20 bits per heavy atom. The molecule has 0 radical (unpaired) electrons. The number of hydrogen-bond acceptors (Lipinski definition) is 3. The lowest BCUT2D eigenvalue weighted by Crippen LogP contribution is -2.36. The van der Waals surface area contributed by atoms with Gasteiger partial charge in [-0.05, 0) is 25.2 Å². The molecule has 2 unspecified atom stereocenters. The maximum absolute atomic E-state index is 11.4. The number of nitrogens with zero attached hydrogens (tertiary/aromatic N) is 1. The molecule has 1 heterocycles. The number of likely N-dealkylation sites (tertiary alicyclic amines) is 1. The third kappa shape index (κ3) is 2.37. The van der Waals surface area contributed by atoms with Gasteiger partial charge in [-0.3, -0.25) is 14.5 Å². The third-order valence-electron chi connectivity index (χ3n) is 3.35. The minimum atomic E-state index is -0.239. The quantitative estimate of drug-likeness (QED) is 0.683. The Balaban J connectivity index is 1.90. The zero-order valence-electron chi connectivity index (χ0n) is 8.82. The largest absolute Gasteiger partial charge is 0.393 e. The lowest BCUT2D eigenvalue weighted by atomic mass is 9.87. The summed E-state index contributed by atoms with van der Waals surface area (Å²) >= 11 is 0. The van der Waals surface area contributed by atoms with Crippen LogP contribution in [0, 0.1) is 5.92 Å². The number of amides is 2.